The number of nitrogens with one attached hydrogen (secondary N) is 1. The summed E-state index contributed by atoms with van der Waals surface area (Å²) in [5.41, 5.74) is 3.31. The molecular formula is C20H19N5O2. The monoisotopic (exact) mass is 361 g/mol. The van der Waals surface area contributed by atoms with Crippen LogP contribution in [0.2, 0.25) is 0 Å². The van der Waals surface area contributed by atoms with Gasteiger partial charge in [0.25, 0.3) is 0 Å². The fraction of sp³-hybridized carbons (Fsp3) is 0.200. The van der Waals surface area contributed by atoms with Gasteiger partial charge in [0, 0.05) is 18.7 Å². The topological polar surface area (TPSA) is 80.1 Å². The minimum absolute atomic E-state index is 0.0384. The molecule has 1 saturated heterocycles. The van der Waals surface area contributed by atoms with E-state index >= 15 is 0 Å². The number of hydrogen-bond donors (Lipinski definition) is 1. The van der Waals surface area contributed by atoms with E-state index in [1.54, 1.807) is 15.9 Å². The van der Waals surface area contributed by atoms with Gasteiger partial charge in [-0.15, -0.1) is 0 Å². The van der Waals surface area contributed by atoms with E-state index in [0.717, 1.165) is 16.9 Å². The summed E-state index contributed by atoms with van der Waals surface area (Å²) in [4.78, 5) is 30.8. The SMILES string of the molecule is Cc1ccc(N2CC(C(=O)Nc3ccccc3-n3cncn3)CC2=O)cc1. The van der Waals surface area contributed by atoms with Crippen molar-refractivity contribution in [3.63, 3.8) is 0 Å². The van der Waals surface area contributed by atoms with Gasteiger partial charge in [0.05, 0.1) is 17.3 Å². The normalized spacial score (nSPS) is 16.6. The van der Waals surface area contributed by atoms with Crippen molar-refractivity contribution < 1.29 is 9.59 Å². The van der Waals surface area contributed by atoms with Gasteiger partial charge in [0.2, 0.25) is 11.8 Å². The van der Waals surface area contributed by atoms with E-state index in [1.165, 1.54) is 6.33 Å². The average molecular weight is 361 g/mol. The zero-order valence-electron chi connectivity index (χ0n) is 14.9. The number of aryl methyl sites for hydroxylation is 1. The Kier molecular flexibility index (Phi) is 4.42. The predicted molar refractivity (Wildman–Crippen MR) is 102 cm³/mol. The van der Waals surface area contributed by atoms with E-state index in [9.17, 15) is 9.59 Å². The fourth-order valence-electron chi connectivity index (χ4n) is 3.20. The maximum Gasteiger partial charge on any atom is 0.229 e. The predicted octanol–water partition coefficient (Wildman–Crippen LogP) is 2.57. The van der Waals surface area contributed by atoms with Crippen LogP contribution in [0.25, 0.3) is 5.69 Å². The molecule has 1 fully saturated rings. The van der Waals surface area contributed by atoms with E-state index in [1.807, 2.05) is 55.5 Å². The van der Waals surface area contributed by atoms with Crippen molar-refractivity contribution in [2.24, 2.45) is 5.92 Å². The number of para-hydroxylation sites is 2. The van der Waals surface area contributed by atoms with Crippen LogP contribution in [0.1, 0.15) is 12.0 Å². The highest BCUT2D eigenvalue weighted by molar-refractivity contribution is 6.04. The molecule has 136 valence electrons. The van der Waals surface area contributed by atoms with Gasteiger partial charge in [-0.1, -0.05) is 29.8 Å². The van der Waals surface area contributed by atoms with Crippen LogP contribution in [0.15, 0.2) is 61.2 Å². The first-order valence-corrected chi connectivity index (χ1v) is 8.74. The number of hydrogen-bond acceptors (Lipinski definition) is 4. The third-order valence-electron chi connectivity index (χ3n) is 4.67. The lowest BCUT2D eigenvalue weighted by Gasteiger charge is -2.17. The Bertz CT molecular complexity index is 966. The lowest BCUT2D eigenvalue weighted by atomic mass is 10.1. The number of aromatic nitrogens is 3. The number of nitrogens with zero attached hydrogens (tertiary/aromatic N) is 4. The van der Waals surface area contributed by atoms with Crippen molar-refractivity contribution in [3.05, 3.63) is 66.7 Å². The van der Waals surface area contributed by atoms with Crippen LogP contribution in [0.5, 0.6) is 0 Å². The Hall–Kier alpha value is -3.48. The Morgan fingerprint density at radius 2 is 1.93 bits per heavy atom. The summed E-state index contributed by atoms with van der Waals surface area (Å²) in [5.74, 6) is -0.614. The van der Waals surface area contributed by atoms with Crippen LogP contribution in [0, 0.1) is 12.8 Å². The lowest BCUT2D eigenvalue weighted by molar-refractivity contribution is -0.122. The van der Waals surface area contributed by atoms with Gasteiger partial charge in [-0.05, 0) is 31.2 Å². The van der Waals surface area contributed by atoms with Crippen LogP contribution >= 0.6 is 0 Å². The van der Waals surface area contributed by atoms with Gasteiger partial charge < -0.3 is 10.2 Å². The molecule has 1 unspecified atom stereocenters. The highest BCUT2D eigenvalue weighted by atomic mass is 16.2. The second kappa shape index (κ2) is 7.03. The summed E-state index contributed by atoms with van der Waals surface area (Å²) in [6, 6.07) is 15.1. The lowest BCUT2D eigenvalue weighted by Crippen LogP contribution is -2.28. The molecule has 7 heteroatoms. The Balaban J connectivity index is 1.50. The molecule has 1 N–H and O–H groups in total. The summed E-state index contributed by atoms with van der Waals surface area (Å²) in [6.45, 7) is 2.37. The molecule has 4 rings (SSSR count). The van der Waals surface area contributed by atoms with Crippen molar-refractivity contribution in [3.8, 4) is 5.69 Å². The third-order valence-corrected chi connectivity index (χ3v) is 4.67. The molecule has 0 bridgehead atoms. The molecule has 1 atom stereocenters. The largest absolute Gasteiger partial charge is 0.324 e. The highest BCUT2D eigenvalue weighted by Crippen LogP contribution is 2.27. The standard InChI is InChI=1S/C20H19N5O2/c1-14-6-8-16(9-7-14)24-11-15(10-19(24)26)20(27)23-17-4-2-3-5-18(17)25-13-21-12-22-25/h2-9,12-13,15H,10-11H2,1H3,(H,23,27). The zero-order valence-corrected chi connectivity index (χ0v) is 14.9. The van der Waals surface area contributed by atoms with Gasteiger partial charge in [-0.3, -0.25) is 9.59 Å². The fourth-order valence-corrected chi connectivity index (χ4v) is 3.20. The Labute approximate surface area is 156 Å². The van der Waals surface area contributed by atoms with Crippen LogP contribution in [0.3, 0.4) is 0 Å². The van der Waals surface area contributed by atoms with Crippen molar-refractivity contribution in [1.82, 2.24) is 14.8 Å². The number of carbonyl (C=O) groups excluding carboxylic acids is 2. The van der Waals surface area contributed by atoms with Crippen LogP contribution < -0.4 is 10.2 Å². The van der Waals surface area contributed by atoms with Crippen LogP contribution in [0.4, 0.5) is 11.4 Å². The van der Waals surface area contributed by atoms with Gasteiger partial charge in [0.15, 0.2) is 0 Å². The summed E-state index contributed by atoms with van der Waals surface area (Å²) >= 11 is 0. The molecule has 0 spiro atoms. The van der Waals surface area contributed by atoms with E-state index in [2.05, 4.69) is 15.4 Å². The number of amides is 2. The average Bonchev–Trinajstić information content (AvgIpc) is 3.33. The minimum atomic E-state index is -0.400. The van der Waals surface area contributed by atoms with Crippen molar-refractivity contribution >= 4 is 23.2 Å². The molecule has 1 aliphatic rings. The van der Waals surface area contributed by atoms with E-state index in [4.69, 9.17) is 0 Å². The van der Waals surface area contributed by atoms with Gasteiger partial charge in [0.1, 0.15) is 12.7 Å². The smallest absolute Gasteiger partial charge is 0.229 e. The minimum Gasteiger partial charge on any atom is -0.324 e. The molecular weight excluding hydrogens is 342 g/mol. The van der Waals surface area contributed by atoms with E-state index in [0.29, 0.717) is 12.2 Å². The first-order valence-electron chi connectivity index (χ1n) is 8.74. The summed E-state index contributed by atoms with van der Waals surface area (Å²) in [7, 11) is 0. The van der Waals surface area contributed by atoms with Crippen molar-refractivity contribution in [1.29, 1.82) is 0 Å². The maximum atomic E-state index is 12.8. The second-order valence-corrected chi connectivity index (χ2v) is 6.59. The van der Waals surface area contributed by atoms with E-state index < -0.39 is 5.92 Å². The third kappa shape index (κ3) is 3.44. The maximum absolute atomic E-state index is 12.8. The molecule has 3 aromatic rings. The van der Waals surface area contributed by atoms with E-state index in [-0.39, 0.29) is 18.2 Å². The summed E-state index contributed by atoms with van der Waals surface area (Å²) in [6.07, 6.45) is 3.21. The molecule has 27 heavy (non-hydrogen) atoms. The molecule has 1 aromatic heterocycles. The zero-order chi connectivity index (χ0) is 18.8. The van der Waals surface area contributed by atoms with Crippen LogP contribution in [-0.2, 0) is 9.59 Å². The molecule has 0 saturated carbocycles. The molecule has 2 heterocycles. The van der Waals surface area contributed by atoms with Gasteiger partial charge in [-0.2, -0.15) is 5.10 Å². The first-order chi connectivity index (χ1) is 13.1. The Morgan fingerprint density at radius 3 is 2.67 bits per heavy atom. The van der Waals surface area contributed by atoms with Gasteiger partial charge in [-0.25, -0.2) is 9.67 Å². The molecule has 2 aromatic carbocycles. The first kappa shape index (κ1) is 17.0. The number of benzene rings is 2. The quantitative estimate of drug-likeness (QED) is 0.774. The molecule has 0 radical (unpaired) electrons. The van der Waals surface area contributed by atoms with Crippen molar-refractivity contribution in [2.75, 3.05) is 16.8 Å². The highest BCUT2D eigenvalue weighted by Gasteiger charge is 2.35. The summed E-state index contributed by atoms with van der Waals surface area (Å²) in [5, 5.41) is 7.05. The molecule has 0 aliphatic carbocycles. The number of anilines is 2. The molecule has 1 aliphatic heterocycles. The summed E-state index contributed by atoms with van der Waals surface area (Å²) < 4.78 is 1.59. The molecule has 7 nitrogen and oxygen atoms in total. The number of carbonyl (C=O) groups is 2. The second-order valence-electron chi connectivity index (χ2n) is 6.59. The van der Waals surface area contributed by atoms with Gasteiger partial charge >= 0.3 is 0 Å². The number of rotatable bonds is 4. The van der Waals surface area contributed by atoms with Crippen LogP contribution in [-0.4, -0.2) is 33.1 Å². The van der Waals surface area contributed by atoms with Crippen molar-refractivity contribution in [2.45, 2.75) is 13.3 Å². The Morgan fingerprint density at radius 1 is 1.15 bits per heavy atom. The molecule has 2 amide bonds.